The summed E-state index contributed by atoms with van der Waals surface area (Å²) in [5, 5.41) is 1.91. The molecule has 1 N–H and O–H groups in total. The molecule has 0 aromatic heterocycles. The van der Waals surface area contributed by atoms with E-state index in [0.29, 0.717) is 4.90 Å². The number of benzene rings is 1. The number of hydrogen-bond acceptors (Lipinski definition) is 6. The van der Waals surface area contributed by atoms with Crippen LogP contribution < -0.4 is 10.2 Å². The van der Waals surface area contributed by atoms with E-state index in [0.717, 1.165) is 0 Å². The third-order valence-electron chi connectivity index (χ3n) is 4.91. The first-order chi connectivity index (χ1) is 17.2. The topological polar surface area (TPSA) is 90.0 Å². The van der Waals surface area contributed by atoms with Crippen molar-refractivity contribution in [2.75, 3.05) is 30.9 Å². The quantitative estimate of drug-likeness (QED) is 0.720. The summed E-state index contributed by atoms with van der Waals surface area (Å²) in [5.74, 6) is -8.09. The highest BCUT2D eigenvalue weighted by Gasteiger charge is 2.48. The van der Waals surface area contributed by atoms with Crippen LogP contribution in [0.4, 0.5) is 14.5 Å². The minimum atomic E-state index is -3.55. The molecule has 3 heterocycles. The van der Waals surface area contributed by atoms with E-state index in [2.05, 4.69) is 0 Å². The molecule has 0 unspecified atom stereocenters. The fraction of sp³-hybridized carbons (Fsp3) is 0.500. The normalized spacial score (nSPS) is 33.4. The predicted molar refractivity (Wildman–Crippen MR) is 102 cm³/mol. The molecular formula is C20H22F2N4O4. The third-order valence-corrected chi connectivity index (χ3v) is 4.91. The molecule has 160 valence electrons. The lowest BCUT2D eigenvalue weighted by Crippen LogP contribution is -2.54. The van der Waals surface area contributed by atoms with Gasteiger partial charge in [0.15, 0.2) is 5.82 Å². The molecule has 30 heavy (non-hydrogen) atoms. The van der Waals surface area contributed by atoms with E-state index >= 15 is 8.78 Å². The Morgan fingerprint density at radius 2 is 1.70 bits per heavy atom. The second-order valence-corrected chi connectivity index (χ2v) is 7.14. The molecular weight excluding hydrogens is 398 g/mol. The first kappa shape index (κ1) is 12.7. The second kappa shape index (κ2) is 7.42. The minimum Gasteiger partial charge on any atom is -0.366 e. The SMILES string of the molecule is [2H]C1([2H])N(c2cc(F)c3c(c2F)C(=O)N([C@@H]2CCC(=O)NC2=O)C3=O)C([2H])([2H])C([2H])([2H])N(C(C)C)C1([2H])[2H]. The molecule has 0 spiro atoms. The highest BCUT2D eigenvalue weighted by atomic mass is 19.1. The number of amides is 4. The number of hydrogen-bond donors (Lipinski definition) is 1. The van der Waals surface area contributed by atoms with Crippen molar-refractivity contribution < 1.29 is 38.9 Å². The molecule has 10 heteroatoms. The largest absolute Gasteiger partial charge is 0.366 e. The van der Waals surface area contributed by atoms with Crippen molar-refractivity contribution in [2.24, 2.45) is 0 Å². The summed E-state index contributed by atoms with van der Waals surface area (Å²) in [6.07, 6.45) is -0.598. The maximum atomic E-state index is 16.0. The third kappa shape index (κ3) is 3.15. The van der Waals surface area contributed by atoms with Crippen LogP contribution in [0.25, 0.3) is 0 Å². The summed E-state index contributed by atoms with van der Waals surface area (Å²) in [6.45, 7) is -11.2. The number of carbonyl (C=O) groups excluding carboxylic acids is 4. The lowest BCUT2D eigenvalue weighted by Gasteiger charge is -2.38. The zero-order chi connectivity index (χ0) is 28.9. The zero-order valence-corrected chi connectivity index (χ0v) is 15.9. The van der Waals surface area contributed by atoms with Gasteiger partial charge >= 0.3 is 0 Å². The Morgan fingerprint density at radius 1 is 1.07 bits per heavy atom. The molecule has 8 nitrogen and oxygen atoms in total. The van der Waals surface area contributed by atoms with Crippen LogP contribution >= 0.6 is 0 Å². The van der Waals surface area contributed by atoms with Gasteiger partial charge in [-0.15, -0.1) is 0 Å². The standard InChI is InChI=1S/C20H22F2N4O4/c1-10(2)24-5-7-25(8-6-24)13-9-11(21)15-16(17(13)22)20(30)26(19(15)29)12-3-4-14(27)23-18(12)28/h9-10,12H,3-8H2,1-2H3,(H,23,27,28)/t12-/m1/s1/i5D2,6D2,7D2,8D2. The Labute approximate surface area is 183 Å². The van der Waals surface area contributed by atoms with E-state index in [4.69, 9.17) is 11.0 Å². The summed E-state index contributed by atoms with van der Waals surface area (Å²) in [5.41, 5.74) is -3.72. The maximum absolute atomic E-state index is 16.0. The number of nitrogens with zero attached hydrogens (tertiary/aromatic N) is 3. The van der Waals surface area contributed by atoms with Crippen molar-refractivity contribution in [1.29, 1.82) is 0 Å². The number of carbonyl (C=O) groups is 4. The van der Waals surface area contributed by atoms with Crippen LogP contribution in [0.5, 0.6) is 0 Å². The molecule has 3 aliphatic heterocycles. The average Bonchev–Trinajstić information content (AvgIpc) is 3.01. The number of rotatable bonds is 3. The number of halogens is 2. The molecule has 1 aromatic carbocycles. The van der Waals surface area contributed by atoms with E-state index in [-0.39, 0.29) is 28.7 Å². The van der Waals surface area contributed by atoms with E-state index in [1.54, 1.807) is 0 Å². The van der Waals surface area contributed by atoms with Crippen molar-refractivity contribution in [3.63, 3.8) is 0 Å². The van der Waals surface area contributed by atoms with Gasteiger partial charge in [-0.2, -0.15) is 0 Å². The zero-order valence-electron chi connectivity index (χ0n) is 23.9. The van der Waals surface area contributed by atoms with E-state index in [1.807, 2.05) is 5.32 Å². The maximum Gasteiger partial charge on any atom is 0.265 e. The van der Waals surface area contributed by atoms with Gasteiger partial charge in [0, 0.05) is 50.0 Å². The molecule has 0 bridgehead atoms. The van der Waals surface area contributed by atoms with Crippen molar-refractivity contribution in [3.8, 4) is 0 Å². The Kier molecular flexibility index (Phi) is 3.15. The molecule has 2 fully saturated rings. The molecule has 0 radical (unpaired) electrons. The number of fused-ring (bicyclic) bond motifs is 1. The Morgan fingerprint density at radius 3 is 2.30 bits per heavy atom. The van der Waals surface area contributed by atoms with Crippen molar-refractivity contribution in [3.05, 3.63) is 28.8 Å². The van der Waals surface area contributed by atoms with Crippen molar-refractivity contribution in [2.45, 2.75) is 38.8 Å². The first-order valence-electron chi connectivity index (χ1n) is 13.1. The summed E-state index contributed by atoms with van der Waals surface area (Å²) < 4.78 is 98.2. The van der Waals surface area contributed by atoms with Crippen LogP contribution in [0.3, 0.4) is 0 Å². The fourth-order valence-electron chi connectivity index (χ4n) is 3.37. The molecule has 3 aliphatic rings. The van der Waals surface area contributed by atoms with E-state index < -0.39 is 90.1 Å². The molecule has 0 saturated carbocycles. The summed E-state index contributed by atoms with van der Waals surface area (Å²) in [4.78, 5) is 50.1. The number of piperazine rings is 1. The number of piperidine rings is 1. The van der Waals surface area contributed by atoms with Crippen molar-refractivity contribution in [1.82, 2.24) is 15.1 Å². The molecule has 4 rings (SSSR count). The van der Waals surface area contributed by atoms with Gasteiger partial charge in [-0.05, 0) is 20.3 Å². The average molecular weight is 428 g/mol. The molecule has 2 saturated heterocycles. The number of imide groups is 2. The number of anilines is 1. The van der Waals surface area contributed by atoms with Gasteiger partial charge in [0.25, 0.3) is 11.8 Å². The van der Waals surface area contributed by atoms with Gasteiger partial charge in [0.1, 0.15) is 11.9 Å². The van der Waals surface area contributed by atoms with Crippen molar-refractivity contribution >= 4 is 29.3 Å². The molecule has 1 atom stereocenters. The Balaban J connectivity index is 1.91. The van der Waals surface area contributed by atoms with Gasteiger partial charge in [-0.1, -0.05) is 0 Å². The fourth-order valence-corrected chi connectivity index (χ4v) is 3.37. The van der Waals surface area contributed by atoms with Gasteiger partial charge in [-0.25, -0.2) is 8.78 Å². The van der Waals surface area contributed by atoms with Crippen LogP contribution in [0.2, 0.25) is 0 Å². The lowest BCUT2D eigenvalue weighted by atomic mass is 10.0. The molecule has 4 amide bonds. The predicted octanol–water partition coefficient (Wildman–Crippen LogP) is 0.896. The monoisotopic (exact) mass is 428 g/mol. The van der Waals surface area contributed by atoms with Crippen LogP contribution in [0, 0.1) is 11.6 Å². The van der Waals surface area contributed by atoms with Gasteiger partial charge in [-0.3, -0.25) is 34.3 Å². The highest BCUT2D eigenvalue weighted by Crippen LogP contribution is 2.36. The summed E-state index contributed by atoms with van der Waals surface area (Å²) >= 11 is 0. The summed E-state index contributed by atoms with van der Waals surface area (Å²) in [6, 6.07) is -2.49. The lowest BCUT2D eigenvalue weighted by molar-refractivity contribution is -0.136. The van der Waals surface area contributed by atoms with Gasteiger partial charge in [0.2, 0.25) is 11.8 Å². The highest BCUT2D eigenvalue weighted by molar-refractivity contribution is 6.24. The van der Waals surface area contributed by atoms with Crippen LogP contribution in [0.1, 0.15) is 58.4 Å². The van der Waals surface area contributed by atoms with Gasteiger partial charge < -0.3 is 4.90 Å². The second-order valence-electron chi connectivity index (χ2n) is 7.14. The minimum absolute atomic E-state index is 0.181. The molecule has 1 aromatic rings. The van der Waals surface area contributed by atoms with Crippen LogP contribution in [0.15, 0.2) is 6.07 Å². The first-order valence-corrected chi connectivity index (χ1v) is 9.06. The van der Waals surface area contributed by atoms with E-state index in [1.165, 1.54) is 13.8 Å². The smallest absolute Gasteiger partial charge is 0.265 e. The van der Waals surface area contributed by atoms with E-state index in [9.17, 15) is 19.2 Å². The Bertz CT molecular complexity index is 1260. The number of nitrogens with one attached hydrogen (secondary N) is 1. The van der Waals surface area contributed by atoms with Crippen LogP contribution in [-0.4, -0.2) is 71.5 Å². The Hall–Kier alpha value is -2.88. The molecule has 0 aliphatic carbocycles. The summed E-state index contributed by atoms with van der Waals surface area (Å²) in [7, 11) is 0. The van der Waals surface area contributed by atoms with Crippen LogP contribution in [-0.2, 0) is 9.59 Å². The van der Waals surface area contributed by atoms with Gasteiger partial charge in [0.05, 0.1) is 22.3 Å².